The quantitative estimate of drug-likeness (QED) is 0.544. The molecule has 0 aliphatic carbocycles. The lowest BCUT2D eigenvalue weighted by atomic mass is 10.1. The summed E-state index contributed by atoms with van der Waals surface area (Å²) in [6.07, 6.45) is 0. The first-order chi connectivity index (χ1) is 12.3. The summed E-state index contributed by atoms with van der Waals surface area (Å²) in [6.45, 7) is 12.6. The molecule has 0 bridgehead atoms. The molecule has 1 N–H and O–H groups in total. The molecule has 0 heterocycles. The molecule has 154 valence electrons. The van der Waals surface area contributed by atoms with Gasteiger partial charge >= 0.3 is 11.9 Å². The van der Waals surface area contributed by atoms with Crippen molar-refractivity contribution in [3.8, 4) is 5.75 Å². The van der Waals surface area contributed by atoms with Crippen LogP contribution < -0.4 is 4.74 Å². The second kappa shape index (κ2) is 11.3. The minimum absolute atomic E-state index is 0.0462. The van der Waals surface area contributed by atoms with Crippen LogP contribution >= 0.6 is 15.9 Å². The number of aliphatic hydroxyl groups excluding tert-OH is 1. The van der Waals surface area contributed by atoms with Crippen LogP contribution in [-0.2, 0) is 25.7 Å². The van der Waals surface area contributed by atoms with Crippen molar-refractivity contribution in [2.75, 3.05) is 11.9 Å². The Bertz CT molecular complexity index is 614. The van der Waals surface area contributed by atoms with Gasteiger partial charge in [-0.25, -0.2) is 4.79 Å². The summed E-state index contributed by atoms with van der Waals surface area (Å²) in [5, 5.41) is 9.39. The van der Waals surface area contributed by atoms with E-state index in [-0.39, 0.29) is 30.1 Å². The van der Waals surface area contributed by atoms with Crippen LogP contribution in [-0.4, -0.2) is 40.2 Å². The van der Waals surface area contributed by atoms with Crippen LogP contribution in [0.25, 0.3) is 0 Å². The summed E-state index contributed by atoms with van der Waals surface area (Å²) in [7, 11) is 0. The van der Waals surface area contributed by atoms with E-state index in [2.05, 4.69) is 15.9 Å². The number of alkyl halides is 1. The molecule has 0 atom stereocenters. The highest BCUT2D eigenvalue weighted by molar-refractivity contribution is 9.09. The van der Waals surface area contributed by atoms with Gasteiger partial charge in [-0.05, 0) is 65.7 Å². The zero-order valence-corrected chi connectivity index (χ0v) is 18.8. The molecule has 0 aliphatic rings. The monoisotopic (exact) mass is 446 g/mol. The third-order valence-electron chi connectivity index (χ3n) is 2.86. The number of esters is 2. The van der Waals surface area contributed by atoms with Gasteiger partial charge in [0.2, 0.25) is 0 Å². The van der Waals surface area contributed by atoms with Crippen molar-refractivity contribution in [2.45, 2.75) is 66.3 Å². The van der Waals surface area contributed by atoms with E-state index in [1.807, 2.05) is 54.5 Å². The molecule has 0 amide bonds. The third-order valence-corrected chi connectivity index (χ3v) is 3.32. The van der Waals surface area contributed by atoms with Crippen LogP contribution in [0.2, 0.25) is 0 Å². The van der Waals surface area contributed by atoms with Crippen LogP contribution in [0, 0.1) is 6.92 Å². The van der Waals surface area contributed by atoms with Gasteiger partial charge in [0.1, 0.15) is 22.3 Å². The van der Waals surface area contributed by atoms with Crippen LogP contribution in [0.15, 0.2) is 18.2 Å². The zero-order chi connectivity index (χ0) is 21.3. The highest BCUT2D eigenvalue weighted by Gasteiger charge is 2.17. The van der Waals surface area contributed by atoms with Gasteiger partial charge in [-0.2, -0.15) is 0 Å². The molecule has 6 nitrogen and oxygen atoms in total. The summed E-state index contributed by atoms with van der Waals surface area (Å²) < 4.78 is 15.4. The van der Waals surface area contributed by atoms with Crippen molar-refractivity contribution in [3.63, 3.8) is 0 Å². The first-order valence-corrected chi connectivity index (χ1v) is 9.73. The van der Waals surface area contributed by atoms with E-state index in [0.29, 0.717) is 5.75 Å². The van der Waals surface area contributed by atoms with Gasteiger partial charge in [0.25, 0.3) is 0 Å². The highest BCUT2D eigenvalue weighted by Crippen LogP contribution is 2.21. The summed E-state index contributed by atoms with van der Waals surface area (Å²) in [4.78, 5) is 22.1. The first-order valence-electron chi connectivity index (χ1n) is 8.61. The molecule has 7 heteroatoms. The maximum absolute atomic E-state index is 11.5. The smallest absolute Gasteiger partial charge is 0.344 e. The molecule has 0 unspecified atom stereocenters. The van der Waals surface area contributed by atoms with E-state index in [1.54, 1.807) is 12.1 Å². The summed E-state index contributed by atoms with van der Waals surface area (Å²) >= 11 is 2.99. The van der Waals surface area contributed by atoms with Crippen molar-refractivity contribution in [1.29, 1.82) is 0 Å². The molecule has 0 saturated heterocycles. The predicted octanol–water partition coefficient (Wildman–Crippen LogP) is 3.93. The maximum Gasteiger partial charge on any atom is 0.344 e. The average molecular weight is 447 g/mol. The lowest BCUT2D eigenvalue weighted by Crippen LogP contribution is -2.27. The van der Waals surface area contributed by atoms with Crippen molar-refractivity contribution < 1.29 is 28.9 Å². The molecule has 0 saturated carbocycles. The summed E-state index contributed by atoms with van der Waals surface area (Å²) in [6, 6.07) is 5.36. The second-order valence-electron chi connectivity index (χ2n) is 7.79. The van der Waals surface area contributed by atoms with Gasteiger partial charge in [-0.3, -0.25) is 4.79 Å². The van der Waals surface area contributed by atoms with Crippen LogP contribution in [0.5, 0.6) is 5.75 Å². The van der Waals surface area contributed by atoms with Crippen LogP contribution in [0.3, 0.4) is 0 Å². The predicted molar refractivity (Wildman–Crippen MR) is 108 cm³/mol. The molecule has 0 fully saturated rings. The number of rotatable bonds is 5. The molecule has 0 radical (unpaired) electrons. The summed E-state index contributed by atoms with van der Waals surface area (Å²) in [5.41, 5.74) is 0.757. The van der Waals surface area contributed by atoms with E-state index in [9.17, 15) is 9.59 Å². The number of carbonyl (C=O) groups excluding carboxylic acids is 2. The fraction of sp³-hybridized carbons (Fsp3) is 0.600. The molecule has 27 heavy (non-hydrogen) atoms. The highest BCUT2D eigenvalue weighted by atomic mass is 79.9. The van der Waals surface area contributed by atoms with E-state index in [1.165, 1.54) is 0 Å². The number of ether oxygens (including phenoxy) is 3. The number of benzene rings is 1. The van der Waals surface area contributed by atoms with Crippen molar-refractivity contribution in [3.05, 3.63) is 29.3 Å². The van der Waals surface area contributed by atoms with E-state index < -0.39 is 11.6 Å². The lowest BCUT2D eigenvalue weighted by Gasteiger charge is -2.19. The molecular weight excluding hydrogens is 416 g/mol. The number of carbonyl (C=O) groups is 2. The fourth-order valence-electron chi connectivity index (χ4n) is 1.86. The first kappa shape index (κ1) is 25.4. The molecule has 1 rings (SSSR count). The van der Waals surface area contributed by atoms with Crippen LogP contribution in [0.1, 0.15) is 52.7 Å². The SMILES string of the molecule is CC(C)(C)OC(=O)CBr.Cc1c(CO)cccc1OCC(=O)OC(C)(C)C. The largest absolute Gasteiger partial charge is 0.482 e. The van der Waals surface area contributed by atoms with Crippen molar-refractivity contribution in [2.24, 2.45) is 0 Å². The Labute approximate surface area is 170 Å². The third kappa shape index (κ3) is 12.4. The molecule has 1 aromatic rings. The number of halogens is 1. The second-order valence-corrected chi connectivity index (χ2v) is 8.35. The standard InChI is InChI=1S/C14H20O4.C6H11BrO2/c1-10-11(8-15)6-5-7-12(10)17-9-13(16)18-14(2,3)4;1-6(2,3)9-5(8)4-7/h5-7,15H,8-9H2,1-4H3;4H2,1-3H3. The Hall–Kier alpha value is -1.60. The van der Waals surface area contributed by atoms with Gasteiger partial charge < -0.3 is 19.3 Å². The Morgan fingerprint density at radius 2 is 1.52 bits per heavy atom. The zero-order valence-electron chi connectivity index (χ0n) is 17.2. The molecule has 0 spiro atoms. The average Bonchev–Trinajstić information content (AvgIpc) is 2.51. The number of hydrogen-bond donors (Lipinski definition) is 1. The maximum atomic E-state index is 11.5. The lowest BCUT2D eigenvalue weighted by molar-refractivity contribution is -0.157. The molecule has 1 aromatic carbocycles. The van der Waals surface area contributed by atoms with E-state index >= 15 is 0 Å². The molecule has 0 aromatic heterocycles. The van der Waals surface area contributed by atoms with E-state index in [4.69, 9.17) is 19.3 Å². The molecular formula is C20H31BrO6. The Morgan fingerprint density at radius 1 is 1.00 bits per heavy atom. The van der Waals surface area contributed by atoms with E-state index in [0.717, 1.165) is 11.1 Å². The number of hydrogen-bond acceptors (Lipinski definition) is 6. The minimum atomic E-state index is -0.511. The van der Waals surface area contributed by atoms with Gasteiger partial charge in [0.05, 0.1) is 6.61 Å². The van der Waals surface area contributed by atoms with Gasteiger partial charge in [0.15, 0.2) is 6.61 Å². The fourth-order valence-corrected chi connectivity index (χ4v) is 1.98. The normalized spacial score (nSPS) is 11.1. The Balaban J connectivity index is 0.000000636. The Kier molecular flexibility index (Phi) is 10.6. The van der Waals surface area contributed by atoms with Gasteiger partial charge in [0, 0.05) is 0 Å². The van der Waals surface area contributed by atoms with Gasteiger partial charge in [-0.15, -0.1) is 0 Å². The number of aliphatic hydroxyl groups is 1. The topological polar surface area (TPSA) is 82.1 Å². The Morgan fingerprint density at radius 3 is 1.93 bits per heavy atom. The summed E-state index contributed by atoms with van der Waals surface area (Å²) in [5.74, 6) is -0.0359. The molecule has 0 aliphatic heterocycles. The minimum Gasteiger partial charge on any atom is -0.482 e. The van der Waals surface area contributed by atoms with Crippen molar-refractivity contribution in [1.82, 2.24) is 0 Å². The van der Waals surface area contributed by atoms with Crippen LogP contribution in [0.4, 0.5) is 0 Å². The van der Waals surface area contributed by atoms with Gasteiger partial charge in [-0.1, -0.05) is 28.1 Å². The van der Waals surface area contributed by atoms with Crippen molar-refractivity contribution >= 4 is 27.9 Å².